The van der Waals surface area contributed by atoms with Crippen molar-refractivity contribution >= 4 is 17.5 Å². The number of hydrogen-bond acceptors (Lipinski definition) is 2. The van der Waals surface area contributed by atoms with Gasteiger partial charge < -0.3 is 10.2 Å². The lowest BCUT2D eigenvalue weighted by Gasteiger charge is -2.15. The van der Waals surface area contributed by atoms with Gasteiger partial charge in [-0.3, -0.25) is 9.59 Å². The lowest BCUT2D eigenvalue weighted by molar-refractivity contribution is -0.126. The van der Waals surface area contributed by atoms with Gasteiger partial charge in [0.1, 0.15) is 6.04 Å². The molecule has 1 heterocycles. The molecule has 0 radical (unpaired) electrons. The first-order chi connectivity index (χ1) is 7.65. The van der Waals surface area contributed by atoms with Crippen molar-refractivity contribution in [3.63, 3.8) is 0 Å². The summed E-state index contributed by atoms with van der Waals surface area (Å²) in [5.74, 6) is -0.245. The number of anilines is 1. The van der Waals surface area contributed by atoms with Crippen LogP contribution in [-0.2, 0) is 9.59 Å². The summed E-state index contributed by atoms with van der Waals surface area (Å²) < 4.78 is 0. The zero-order valence-electron chi connectivity index (χ0n) is 9.36. The van der Waals surface area contributed by atoms with Gasteiger partial charge in [0.25, 0.3) is 5.91 Å². The van der Waals surface area contributed by atoms with Gasteiger partial charge in [-0.25, -0.2) is 0 Å². The van der Waals surface area contributed by atoms with E-state index in [9.17, 15) is 9.59 Å². The number of carbonyl (C=O) groups is 2. The molecule has 0 saturated heterocycles. The fraction of sp³-hybridized carbons (Fsp3) is 0.333. The summed E-state index contributed by atoms with van der Waals surface area (Å²) in [5.41, 5.74) is 1.78. The summed E-state index contributed by atoms with van der Waals surface area (Å²) in [6, 6.07) is 7.03. The maximum Gasteiger partial charge on any atom is 0.254 e. The van der Waals surface area contributed by atoms with Crippen LogP contribution in [0.15, 0.2) is 24.3 Å². The van der Waals surface area contributed by atoms with Crippen LogP contribution in [0.1, 0.15) is 25.5 Å². The van der Waals surface area contributed by atoms with Crippen molar-refractivity contribution in [1.82, 2.24) is 5.32 Å². The minimum atomic E-state index is -0.520. The van der Waals surface area contributed by atoms with Gasteiger partial charge in [-0.1, -0.05) is 18.2 Å². The first-order valence-corrected chi connectivity index (χ1v) is 5.32. The summed E-state index contributed by atoms with van der Waals surface area (Å²) in [5, 5.41) is 2.68. The smallest absolute Gasteiger partial charge is 0.254 e. The predicted octanol–water partition coefficient (Wildman–Crippen LogP) is 1.23. The molecule has 2 amide bonds. The molecule has 1 N–H and O–H groups in total. The van der Waals surface area contributed by atoms with E-state index in [0.29, 0.717) is 6.54 Å². The minimum Gasteiger partial charge on any atom is -0.341 e. The normalized spacial score (nSPS) is 18.5. The van der Waals surface area contributed by atoms with Crippen molar-refractivity contribution in [3.8, 4) is 0 Å². The maximum absolute atomic E-state index is 12.0. The standard InChI is InChI=1S/C12H14N2O2/c1-3-14-10-7-5-4-6-9(10)11(12(14)16)13-8(2)15/h4-7,11H,3H2,1-2H3,(H,13,15)/t11-/m1/s1. The van der Waals surface area contributed by atoms with Crippen LogP contribution in [0.3, 0.4) is 0 Å². The third-order valence-electron chi connectivity index (χ3n) is 2.72. The van der Waals surface area contributed by atoms with Crippen LogP contribution >= 0.6 is 0 Å². The molecule has 84 valence electrons. The second-order valence-electron chi connectivity index (χ2n) is 3.77. The average molecular weight is 218 g/mol. The third-order valence-corrected chi connectivity index (χ3v) is 2.72. The largest absolute Gasteiger partial charge is 0.341 e. The molecule has 0 unspecified atom stereocenters. The number of carbonyl (C=O) groups excluding carboxylic acids is 2. The fourth-order valence-electron chi connectivity index (χ4n) is 2.05. The molecule has 1 aromatic rings. The number of para-hydroxylation sites is 1. The van der Waals surface area contributed by atoms with Crippen molar-refractivity contribution in [3.05, 3.63) is 29.8 Å². The van der Waals surface area contributed by atoms with Crippen molar-refractivity contribution in [2.45, 2.75) is 19.9 Å². The zero-order valence-corrected chi connectivity index (χ0v) is 9.36. The van der Waals surface area contributed by atoms with Crippen LogP contribution in [-0.4, -0.2) is 18.4 Å². The number of rotatable bonds is 2. The maximum atomic E-state index is 12.0. The number of amides is 2. The molecule has 0 saturated carbocycles. The molecule has 2 rings (SSSR count). The molecule has 4 nitrogen and oxygen atoms in total. The number of nitrogens with one attached hydrogen (secondary N) is 1. The molecule has 0 aromatic heterocycles. The summed E-state index contributed by atoms with van der Waals surface area (Å²) in [4.78, 5) is 24.8. The minimum absolute atomic E-state index is 0.0566. The molecule has 1 atom stereocenters. The number of fused-ring (bicyclic) bond motifs is 1. The van der Waals surface area contributed by atoms with Gasteiger partial charge in [0, 0.05) is 24.7 Å². The van der Waals surface area contributed by atoms with Crippen molar-refractivity contribution in [2.24, 2.45) is 0 Å². The van der Waals surface area contributed by atoms with E-state index in [1.54, 1.807) is 4.90 Å². The Balaban J connectivity index is 2.42. The van der Waals surface area contributed by atoms with E-state index < -0.39 is 6.04 Å². The topological polar surface area (TPSA) is 49.4 Å². The van der Waals surface area contributed by atoms with Crippen LogP contribution in [0, 0.1) is 0 Å². The number of likely N-dealkylation sites (N-methyl/N-ethyl adjacent to an activating group) is 1. The Hall–Kier alpha value is -1.84. The van der Waals surface area contributed by atoms with Gasteiger partial charge >= 0.3 is 0 Å². The molecular weight excluding hydrogens is 204 g/mol. The van der Waals surface area contributed by atoms with Gasteiger partial charge in [-0.15, -0.1) is 0 Å². The van der Waals surface area contributed by atoms with E-state index in [1.807, 2.05) is 31.2 Å². The lowest BCUT2D eigenvalue weighted by Crippen LogP contribution is -2.36. The average Bonchev–Trinajstić information content (AvgIpc) is 2.52. The van der Waals surface area contributed by atoms with Gasteiger partial charge in [0.15, 0.2) is 0 Å². The van der Waals surface area contributed by atoms with Crippen molar-refractivity contribution < 1.29 is 9.59 Å². The molecule has 16 heavy (non-hydrogen) atoms. The predicted molar refractivity (Wildman–Crippen MR) is 61.0 cm³/mol. The highest BCUT2D eigenvalue weighted by atomic mass is 16.2. The van der Waals surface area contributed by atoms with Crippen molar-refractivity contribution in [1.29, 1.82) is 0 Å². The summed E-state index contributed by atoms with van der Waals surface area (Å²) in [6.45, 7) is 3.96. The SMILES string of the molecule is CCN1C(=O)[C@H](NC(C)=O)c2ccccc21. The molecule has 1 aliphatic rings. The Morgan fingerprint density at radius 3 is 2.75 bits per heavy atom. The fourth-order valence-corrected chi connectivity index (χ4v) is 2.05. The van der Waals surface area contributed by atoms with Gasteiger partial charge in [-0.2, -0.15) is 0 Å². The van der Waals surface area contributed by atoms with E-state index in [0.717, 1.165) is 11.3 Å². The molecule has 1 aromatic carbocycles. The van der Waals surface area contributed by atoms with Gasteiger partial charge in [0.05, 0.1) is 0 Å². The van der Waals surface area contributed by atoms with Crippen LogP contribution in [0.25, 0.3) is 0 Å². The highest BCUT2D eigenvalue weighted by Gasteiger charge is 2.36. The summed E-state index contributed by atoms with van der Waals surface area (Å²) >= 11 is 0. The Labute approximate surface area is 94.2 Å². The number of nitrogens with zero attached hydrogens (tertiary/aromatic N) is 1. The first kappa shape index (κ1) is 10.7. The van der Waals surface area contributed by atoms with Gasteiger partial charge in [-0.05, 0) is 13.0 Å². The highest BCUT2D eigenvalue weighted by molar-refractivity contribution is 6.06. The molecule has 4 heteroatoms. The van der Waals surface area contributed by atoms with Crippen molar-refractivity contribution in [2.75, 3.05) is 11.4 Å². The second kappa shape index (κ2) is 3.96. The van der Waals surface area contributed by atoms with E-state index in [-0.39, 0.29) is 11.8 Å². The number of benzene rings is 1. The van der Waals surface area contributed by atoms with Crippen LogP contribution in [0.5, 0.6) is 0 Å². The Morgan fingerprint density at radius 2 is 2.12 bits per heavy atom. The zero-order chi connectivity index (χ0) is 11.7. The summed E-state index contributed by atoms with van der Waals surface area (Å²) in [6.07, 6.45) is 0. The van der Waals surface area contributed by atoms with E-state index in [2.05, 4.69) is 5.32 Å². The number of hydrogen-bond donors (Lipinski definition) is 1. The molecule has 0 fully saturated rings. The second-order valence-corrected chi connectivity index (χ2v) is 3.77. The molecule has 0 bridgehead atoms. The lowest BCUT2D eigenvalue weighted by atomic mass is 10.1. The van der Waals surface area contributed by atoms with E-state index >= 15 is 0 Å². The Bertz CT molecular complexity index is 442. The molecule has 0 spiro atoms. The van der Waals surface area contributed by atoms with Crippen LogP contribution in [0.2, 0.25) is 0 Å². The monoisotopic (exact) mass is 218 g/mol. The molecular formula is C12H14N2O2. The highest BCUT2D eigenvalue weighted by Crippen LogP contribution is 2.35. The van der Waals surface area contributed by atoms with Crippen LogP contribution in [0.4, 0.5) is 5.69 Å². The Morgan fingerprint density at radius 1 is 1.44 bits per heavy atom. The third kappa shape index (κ3) is 1.56. The molecule has 1 aliphatic heterocycles. The first-order valence-electron chi connectivity index (χ1n) is 5.32. The Kier molecular flexibility index (Phi) is 2.64. The summed E-state index contributed by atoms with van der Waals surface area (Å²) in [7, 11) is 0. The van der Waals surface area contributed by atoms with Gasteiger partial charge in [0.2, 0.25) is 5.91 Å². The molecule has 0 aliphatic carbocycles. The van der Waals surface area contributed by atoms with E-state index in [4.69, 9.17) is 0 Å². The quantitative estimate of drug-likeness (QED) is 0.811. The van der Waals surface area contributed by atoms with Crippen LogP contribution < -0.4 is 10.2 Å². The van der Waals surface area contributed by atoms with E-state index in [1.165, 1.54) is 6.92 Å².